The molecule has 0 aliphatic heterocycles. The van der Waals surface area contributed by atoms with Crippen LogP contribution in [0.15, 0.2) is 22.6 Å². The van der Waals surface area contributed by atoms with Gasteiger partial charge in [-0.3, -0.25) is 0 Å². The lowest BCUT2D eigenvalue weighted by molar-refractivity contribution is 0.355. The maximum atomic E-state index is 12.3. The molecular formula is C7H3ClFNO. The van der Waals surface area contributed by atoms with Gasteiger partial charge in [-0.1, -0.05) is 11.6 Å². The van der Waals surface area contributed by atoms with E-state index in [9.17, 15) is 4.39 Å². The van der Waals surface area contributed by atoms with Gasteiger partial charge in [-0.25, -0.2) is 0 Å². The van der Waals surface area contributed by atoms with Crippen molar-refractivity contribution >= 4 is 22.7 Å². The molecule has 0 saturated heterocycles. The molecule has 0 N–H and O–H groups in total. The molecule has 1 heterocycles. The number of oxazole rings is 1. The summed E-state index contributed by atoms with van der Waals surface area (Å²) in [5, 5.41) is 0.519. The minimum Gasteiger partial charge on any atom is -0.415 e. The Morgan fingerprint density at radius 3 is 3.09 bits per heavy atom. The largest absolute Gasteiger partial charge is 0.415 e. The fraction of sp³-hybridized carbons (Fsp3) is 0. The predicted molar refractivity (Wildman–Crippen MR) is 39.0 cm³/mol. The molecular weight excluding hydrogens is 169 g/mol. The molecule has 4 heteroatoms. The van der Waals surface area contributed by atoms with Crippen LogP contribution in [0.5, 0.6) is 0 Å². The number of hydrogen-bond acceptors (Lipinski definition) is 2. The summed E-state index contributed by atoms with van der Waals surface area (Å²) in [5.41, 5.74) is 0.849. The van der Waals surface area contributed by atoms with Crippen LogP contribution in [0.2, 0.25) is 5.02 Å². The minimum atomic E-state index is -0.831. The zero-order valence-corrected chi connectivity index (χ0v) is 6.10. The summed E-state index contributed by atoms with van der Waals surface area (Å²) in [7, 11) is 0. The average molecular weight is 172 g/mol. The zero-order chi connectivity index (χ0) is 7.84. The molecule has 11 heavy (non-hydrogen) atoms. The van der Waals surface area contributed by atoms with Crippen LogP contribution in [0, 0.1) is 6.14 Å². The Hall–Kier alpha value is -1.09. The van der Waals surface area contributed by atoms with Gasteiger partial charge in [-0.05, 0) is 18.2 Å². The van der Waals surface area contributed by atoms with Crippen LogP contribution in [0.25, 0.3) is 11.1 Å². The van der Waals surface area contributed by atoms with E-state index < -0.39 is 6.14 Å². The number of benzene rings is 1. The summed E-state index contributed by atoms with van der Waals surface area (Å²) >= 11 is 5.62. The van der Waals surface area contributed by atoms with Gasteiger partial charge in [-0.2, -0.15) is 4.98 Å². The molecule has 1 aromatic heterocycles. The van der Waals surface area contributed by atoms with Crippen molar-refractivity contribution in [2.75, 3.05) is 0 Å². The van der Waals surface area contributed by atoms with Gasteiger partial charge >= 0.3 is 6.14 Å². The number of aromatic nitrogens is 1. The first-order valence-corrected chi connectivity index (χ1v) is 3.35. The molecule has 56 valence electrons. The van der Waals surface area contributed by atoms with E-state index in [-0.39, 0.29) is 0 Å². The average Bonchev–Trinajstić information content (AvgIpc) is 2.27. The van der Waals surface area contributed by atoms with Gasteiger partial charge in [0, 0.05) is 5.02 Å². The van der Waals surface area contributed by atoms with E-state index in [1.807, 2.05) is 0 Å². The third kappa shape index (κ3) is 1.07. The molecule has 0 fully saturated rings. The first-order valence-electron chi connectivity index (χ1n) is 2.97. The zero-order valence-electron chi connectivity index (χ0n) is 5.34. The van der Waals surface area contributed by atoms with E-state index in [4.69, 9.17) is 11.6 Å². The number of halogens is 2. The SMILES string of the molecule is Fc1nc2cc(Cl)ccc2o1. The van der Waals surface area contributed by atoms with Crippen molar-refractivity contribution in [1.29, 1.82) is 0 Å². The van der Waals surface area contributed by atoms with Crippen molar-refractivity contribution in [2.45, 2.75) is 0 Å². The Labute approximate surface area is 66.6 Å². The number of nitrogens with zero attached hydrogens (tertiary/aromatic N) is 1. The van der Waals surface area contributed by atoms with E-state index in [1.54, 1.807) is 18.2 Å². The highest BCUT2D eigenvalue weighted by Gasteiger charge is 2.03. The topological polar surface area (TPSA) is 26.0 Å². The van der Waals surface area contributed by atoms with Gasteiger partial charge in [0.1, 0.15) is 5.52 Å². The molecule has 0 amide bonds. The van der Waals surface area contributed by atoms with Gasteiger partial charge in [-0.15, -0.1) is 4.39 Å². The summed E-state index contributed by atoms with van der Waals surface area (Å²) in [6.45, 7) is 0. The van der Waals surface area contributed by atoms with Crippen LogP contribution in [-0.4, -0.2) is 4.98 Å². The molecule has 0 saturated carbocycles. The van der Waals surface area contributed by atoms with Crippen LogP contribution in [0.3, 0.4) is 0 Å². The van der Waals surface area contributed by atoms with Crippen LogP contribution in [0.1, 0.15) is 0 Å². The molecule has 2 aromatic rings. The molecule has 2 nitrogen and oxygen atoms in total. The third-order valence-corrected chi connectivity index (χ3v) is 1.56. The highest BCUT2D eigenvalue weighted by molar-refractivity contribution is 6.31. The van der Waals surface area contributed by atoms with E-state index >= 15 is 0 Å². The van der Waals surface area contributed by atoms with Gasteiger partial charge in [0.25, 0.3) is 0 Å². The highest BCUT2D eigenvalue weighted by atomic mass is 35.5. The quantitative estimate of drug-likeness (QED) is 0.609. The third-order valence-electron chi connectivity index (χ3n) is 1.32. The van der Waals surface area contributed by atoms with Crippen LogP contribution in [0.4, 0.5) is 4.39 Å². The smallest absolute Gasteiger partial charge is 0.382 e. The number of fused-ring (bicyclic) bond motifs is 1. The normalized spacial score (nSPS) is 10.7. The van der Waals surface area contributed by atoms with Gasteiger partial charge < -0.3 is 4.42 Å². The van der Waals surface area contributed by atoms with Crippen molar-refractivity contribution < 1.29 is 8.81 Å². The lowest BCUT2D eigenvalue weighted by atomic mass is 10.3. The molecule has 0 bridgehead atoms. The molecule has 0 aliphatic carbocycles. The second-order valence-electron chi connectivity index (χ2n) is 2.08. The van der Waals surface area contributed by atoms with Crippen molar-refractivity contribution in [2.24, 2.45) is 0 Å². The van der Waals surface area contributed by atoms with Crippen molar-refractivity contribution in [3.05, 3.63) is 29.4 Å². The lowest BCUT2D eigenvalue weighted by Gasteiger charge is -1.85. The molecule has 0 atom stereocenters. The van der Waals surface area contributed by atoms with Crippen LogP contribution >= 0.6 is 11.6 Å². The van der Waals surface area contributed by atoms with E-state index in [0.29, 0.717) is 16.1 Å². The summed E-state index contributed by atoms with van der Waals surface area (Å²) in [4.78, 5) is 3.46. The fourth-order valence-corrected chi connectivity index (χ4v) is 1.04. The first-order chi connectivity index (χ1) is 5.25. The first kappa shape index (κ1) is 6.61. The Bertz CT molecular complexity index is 398. The maximum Gasteiger partial charge on any atom is 0.382 e. The van der Waals surface area contributed by atoms with Crippen molar-refractivity contribution in [3.8, 4) is 0 Å². The molecule has 0 spiro atoms. The number of rotatable bonds is 0. The van der Waals surface area contributed by atoms with Gasteiger partial charge in [0.05, 0.1) is 0 Å². The monoisotopic (exact) mass is 171 g/mol. The molecule has 0 aliphatic rings. The van der Waals surface area contributed by atoms with E-state index in [2.05, 4.69) is 9.40 Å². The minimum absolute atomic E-state index is 0.409. The second kappa shape index (κ2) is 2.20. The second-order valence-corrected chi connectivity index (χ2v) is 2.52. The highest BCUT2D eigenvalue weighted by Crippen LogP contribution is 2.18. The van der Waals surface area contributed by atoms with Gasteiger partial charge in [0.2, 0.25) is 0 Å². The van der Waals surface area contributed by atoms with Crippen molar-refractivity contribution in [1.82, 2.24) is 4.98 Å². The summed E-state index contributed by atoms with van der Waals surface area (Å²) in [5.74, 6) is 0. The standard InChI is InChI=1S/C7H3ClFNO/c8-4-1-2-6-5(3-4)10-7(9)11-6/h1-3H. The maximum absolute atomic E-state index is 12.3. The number of hydrogen-bond donors (Lipinski definition) is 0. The van der Waals surface area contributed by atoms with E-state index in [1.165, 1.54) is 0 Å². The van der Waals surface area contributed by atoms with E-state index in [0.717, 1.165) is 0 Å². The Morgan fingerprint density at radius 2 is 2.27 bits per heavy atom. The fourth-order valence-electron chi connectivity index (χ4n) is 0.872. The molecule has 0 unspecified atom stereocenters. The molecule has 2 rings (SSSR count). The predicted octanol–water partition coefficient (Wildman–Crippen LogP) is 2.62. The van der Waals surface area contributed by atoms with Crippen LogP contribution in [-0.2, 0) is 0 Å². The van der Waals surface area contributed by atoms with Crippen LogP contribution < -0.4 is 0 Å². The summed E-state index contributed by atoms with van der Waals surface area (Å²) in [6.07, 6.45) is -0.831. The van der Waals surface area contributed by atoms with Crippen molar-refractivity contribution in [3.63, 3.8) is 0 Å². The Kier molecular flexibility index (Phi) is 1.32. The summed E-state index contributed by atoms with van der Waals surface area (Å²) < 4.78 is 16.9. The molecule has 1 aromatic carbocycles. The Morgan fingerprint density at radius 1 is 1.45 bits per heavy atom. The lowest BCUT2D eigenvalue weighted by Crippen LogP contribution is -1.68. The Balaban J connectivity index is 2.82. The summed E-state index contributed by atoms with van der Waals surface area (Å²) in [6, 6.07) is 4.74. The van der Waals surface area contributed by atoms with Gasteiger partial charge in [0.15, 0.2) is 5.58 Å². The molecule has 0 radical (unpaired) electrons.